The minimum Gasteiger partial charge on any atom is -0.340 e. The number of piperazine rings is 1. The molecule has 0 spiro atoms. The predicted molar refractivity (Wildman–Crippen MR) is 111 cm³/mol. The third-order valence-corrected chi connectivity index (χ3v) is 5.50. The van der Waals surface area contributed by atoms with E-state index in [1.807, 2.05) is 23.2 Å². The predicted octanol–water partition coefficient (Wildman–Crippen LogP) is 2.83. The van der Waals surface area contributed by atoms with E-state index in [-0.39, 0.29) is 5.91 Å². The first-order valence-corrected chi connectivity index (χ1v) is 10.4. The second-order valence-electron chi connectivity index (χ2n) is 8.20. The lowest BCUT2D eigenvalue weighted by atomic mass is 10.1. The van der Waals surface area contributed by atoms with Gasteiger partial charge in [0.1, 0.15) is 0 Å². The summed E-state index contributed by atoms with van der Waals surface area (Å²) in [6, 6.07) is 6.02. The van der Waals surface area contributed by atoms with Crippen molar-refractivity contribution >= 4 is 5.91 Å². The van der Waals surface area contributed by atoms with E-state index in [2.05, 4.69) is 53.4 Å². The summed E-state index contributed by atoms with van der Waals surface area (Å²) < 4.78 is 2.09. The molecular formula is C22H33N5O. The average molecular weight is 384 g/mol. The molecule has 1 aliphatic rings. The zero-order chi connectivity index (χ0) is 20.1. The Morgan fingerprint density at radius 3 is 2.54 bits per heavy atom. The number of pyridine rings is 1. The molecule has 6 nitrogen and oxygen atoms in total. The Morgan fingerprint density at radius 2 is 1.89 bits per heavy atom. The normalized spacial score (nSPS) is 15.4. The van der Waals surface area contributed by atoms with Crippen LogP contribution in [-0.2, 0) is 24.3 Å². The van der Waals surface area contributed by atoms with Crippen LogP contribution in [0.4, 0.5) is 0 Å². The summed E-state index contributed by atoms with van der Waals surface area (Å²) in [7, 11) is 0. The summed E-state index contributed by atoms with van der Waals surface area (Å²) in [5, 5.41) is 4.67. The topological polar surface area (TPSA) is 54.3 Å². The molecular weight excluding hydrogens is 350 g/mol. The van der Waals surface area contributed by atoms with Gasteiger partial charge in [0, 0.05) is 57.6 Å². The van der Waals surface area contributed by atoms with Gasteiger partial charge in [-0.3, -0.25) is 19.4 Å². The number of carbonyl (C=O) groups excluding carboxylic acids is 1. The van der Waals surface area contributed by atoms with Crippen LogP contribution in [0.3, 0.4) is 0 Å². The highest BCUT2D eigenvalue weighted by molar-refractivity contribution is 5.76. The van der Waals surface area contributed by atoms with Crippen molar-refractivity contribution < 1.29 is 4.79 Å². The first-order chi connectivity index (χ1) is 13.4. The van der Waals surface area contributed by atoms with Crippen LogP contribution in [0.2, 0.25) is 0 Å². The molecule has 1 amide bonds. The molecule has 0 N–H and O–H groups in total. The highest BCUT2D eigenvalue weighted by atomic mass is 16.2. The van der Waals surface area contributed by atoms with Crippen LogP contribution in [0.25, 0.3) is 0 Å². The molecule has 2 aromatic heterocycles. The maximum Gasteiger partial charge on any atom is 0.222 e. The van der Waals surface area contributed by atoms with Crippen molar-refractivity contribution in [2.45, 2.75) is 53.6 Å². The first-order valence-electron chi connectivity index (χ1n) is 10.4. The molecule has 0 aromatic carbocycles. The minimum absolute atomic E-state index is 0.257. The van der Waals surface area contributed by atoms with E-state index in [1.54, 1.807) is 0 Å². The molecule has 1 fully saturated rings. The van der Waals surface area contributed by atoms with Gasteiger partial charge in [-0.25, -0.2) is 0 Å². The first kappa shape index (κ1) is 20.5. The van der Waals surface area contributed by atoms with E-state index in [9.17, 15) is 4.79 Å². The second kappa shape index (κ2) is 9.32. The molecule has 2 aromatic rings. The Kier molecular flexibility index (Phi) is 6.83. The van der Waals surface area contributed by atoms with Gasteiger partial charge in [-0.15, -0.1) is 0 Å². The fraction of sp³-hybridized carbons (Fsp3) is 0.591. The number of carbonyl (C=O) groups is 1. The Labute approximate surface area is 168 Å². The smallest absolute Gasteiger partial charge is 0.222 e. The zero-order valence-corrected chi connectivity index (χ0v) is 17.7. The van der Waals surface area contributed by atoms with Gasteiger partial charge in [-0.2, -0.15) is 5.10 Å². The molecule has 0 atom stereocenters. The van der Waals surface area contributed by atoms with Gasteiger partial charge < -0.3 is 4.90 Å². The van der Waals surface area contributed by atoms with Crippen molar-refractivity contribution in [1.82, 2.24) is 24.6 Å². The Balaban J connectivity index is 1.48. The summed E-state index contributed by atoms with van der Waals surface area (Å²) in [4.78, 5) is 21.5. The Hall–Kier alpha value is -2.21. The van der Waals surface area contributed by atoms with Gasteiger partial charge in [-0.05, 0) is 43.9 Å². The summed E-state index contributed by atoms with van der Waals surface area (Å²) in [5.74, 6) is 0.822. The van der Waals surface area contributed by atoms with Crippen molar-refractivity contribution in [3.63, 3.8) is 0 Å². The Morgan fingerprint density at radius 1 is 1.14 bits per heavy atom. The van der Waals surface area contributed by atoms with Crippen LogP contribution in [0.15, 0.2) is 24.4 Å². The molecule has 0 aliphatic carbocycles. The summed E-state index contributed by atoms with van der Waals surface area (Å²) in [6.45, 7) is 13.8. The molecule has 1 saturated heterocycles. The van der Waals surface area contributed by atoms with E-state index in [0.29, 0.717) is 12.3 Å². The highest BCUT2D eigenvalue weighted by Crippen LogP contribution is 2.17. The number of hydrogen-bond acceptors (Lipinski definition) is 4. The number of hydrogen-bond donors (Lipinski definition) is 0. The Bertz CT molecular complexity index is 776. The molecule has 0 saturated carbocycles. The fourth-order valence-electron chi connectivity index (χ4n) is 3.89. The van der Waals surface area contributed by atoms with Crippen molar-refractivity contribution in [3.8, 4) is 0 Å². The lowest BCUT2D eigenvalue weighted by molar-refractivity contribution is -0.133. The van der Waals surface area contributed by atoms with Gasteiger partial charge in [0.2, 0.25) is 5.91 Å². The molecule has 152 valence electrons. The van der Waals surface area contributed by atoms with E-state index in [4.69, 9.17) is 0 Å². The molecule has 0 bridgehead atoms. The SMILES string of the molecule is Cc1nn(CC(C)C)c(C)c1CCC(=O)N1CCN(Cc2ccccn2)CC1. The molecule has 1 aliphatic heterocycles. The molecule has 3 heterocycles. The molecule has 0 radical (unpaired) electrons. The third-order valence-electron chi connectivity index (χ3n) is 5.50. The van der Waals surface area contributed by atoms with Crippen molar-refractivity contribution in [2.24, 2.45) is 5.92 Å². The zero-order valence-electron chi connectivity index (χ0n) is 17.7. The number of amides is 1. The molecule has 6 heteroatoms. The quantitative estimate of drug-likeness (QED) is 0.738. The summed E-state index contributed by atoms with van der Waals surface area (Å²) >= 11 is 0. The molecule has 28 heavy (non-hydrogen) atoms. The van der Waals surface area contributed by atoms with Crippen LogP contribution in [-0.4, -0.2) is 56.7 Å². The van der Waals surface area contributed by atoms with Crippen molar-refractivity contribution in [1.29, 1.82) is 0 Å². The van der Waals surface area contributed by atoms with Crippen LogP contribution in [0.1, 0.15) is 42.9 Å². The maximum atomic E-state index is 12.7. The van der Waals surface area contributed by atoms with E-state index >= 15 is 0 Å². The highest BCUT2D eigenvalue weighted by Gasteiger charge is 2.22. The van der Waals surface area contributed by atoms with Gasteiger partial charge in [-0.1, -0.05) is 19.9 Å². The standard InChI is InChI=1S/C22H33N5O/c1-17(2)15-27-19(4)21(18(3)24-27)8-9-22(28)26-13-11-25(12-14-26)16-20-7-5-6-10-23-20/h5-7,10,17H,8-9,11-16H2,1-4H3. The third kappa shape index (κ3) is 5.19. The lowest BCUT2D eigenvalue weighted by Crippen LogP contribution is -2.48. The lowest BCUT2D eigenvalue weighted by Gasteiger charge is -2.34. The largest absolute Gasteiger partial charge is 0.340 e. The monoisotopic (exact) mass is 383 g/mol. The van der Waals surface area contributed by atoms with Crippen molar-refractivity contribution in [3.05, 3.63) is 47.0 Å². The van der Waals surface area contributed by atoms with Crippen molar-refractivity contribution in [2.75, 3.05) is 26.2 Å². The summed E-state index contributed by atoms with van der Waals surface area (Å²) in [6.07, 6.45) is 3.18. The van der Waals surface area contributed by atoms with Crippen LogP contribution >= 0.6 is 0 Å². The minimum atomic E-state index is 0.257. The van der Waals surface area contributed by atoms with E-state index in [1.165, 1.54) is 11.3 Å². The number of aryl methyl sites for hydroxylation is 1. The second-order valence-corrected chi connectivity index (χ2v) is 8.20. The van der Waals surface area contributed by atoms with Crippen LogP contribution < -0.4 is 0 Å². The van der Waals surface area contributed by atoms with E-state index < -0.39 is 0 Å². The number of rotatable bonds is 7. The summed E-state index contributed by atoms with van der Waals surface area (Å²) in [5.41, 5.74) is 4.60. The van der Waals surface area contributed by atoms with Gasteiger partial charge >= 0.3 is 0 Å². The van der Waals surface area contributed by atoms with Gasteiger partial charge in [0.05, 0.1) is 11.4 Å². The van der Waals surface area contributed by atoms with Crippen LogP contribution in [0, 0.1) is 19.8 Å². The molecule has 3 rings (SSSR count). The maximum absolute atomic E-state index is 12.7. The number of nitrogens with zero attached hydrogens (tertiary/aromatic N) is 5. The number of aromatic nitrogens is 3. The van der Waals surface area contributed by atoms with Gasteiger partial charge in [0.15, 0.2) is 0 Å². The van der Waals surface area contributed by atoms with Crippen LogP contribution in [0.5, 0.6) is 0 Å². The molecule has 0 unspecified atom stereocenters. The average Bonchev–Trinajstić information content (AvgIpc) is 2.93. The van der Waals surface area contributed by atoms with Gasteiger partial charge in [0.25, 0.3) is 0 Å². The van der Waals surface area contributed by atoms with E-state index in [0.717, 1.165) is 57.1 Å². The fourth-order valence-corrected chi connectivity index (χ4v) is 3.89.